The first-order chi connectivity index (χ1) is 17.2. The Hall–Kier alpha value is -3.27. The number of nitrogens with one attached hydrogen (secondary N) is 1. The number of amides is 1. The number of hydrogen-bond donors (Lipinski definition) is 2. The van der Waals surface area contributed by atoms with E-state index in [2.05, 4.69) is 10.3 Å². The topological polar surface area (TPSA) is 95.7 Å². The van der Waals surface area contributed by atoms with E-state index in [1.54, 1.807) is 47.9 Å². The second kappa shape index (κ2) is 10.8. The molecule has 0 saturated carbocycles. The van der Waals surface area contributed by atoms with Gasteiger partial charge < -0.3 is 14.8 Å². The van der Waals surface area contributed by atoms with Gasteiger partial charge in [-0.25, -0.2) is 13.6 Å². The molecule has 0 spiro atoms. The van der Waals surface area contributed by atoms with Crippen LogP contribution in [0.2, 0.25) is 5.15 Å². The molecule has 2 N–H and O–H groups in total. The lowest BCUT2D eigenvalue weighted by atomic mass is 10.0. The van der Waals surface area contributed by atoms with Crippen molar-refractivity contribution in [1.82, 2.24) is 10.3 Å². The number of rotatable bonds is 8. The maximum atomic E-state index is 13.5. The molecule has 1 atom stereocenters. The second-order valence-electron chi connectivity index (χ2n) is 8.15. The van der Waals surface area contributed by atoms with Crippen molar-refractivity contribution in [3.63, 3.8) is 0 Å². The Morgan fingerprint density at radius 1 is 1.22 bits per heavy atom. The van der Waals surface area contributed by atoms with Gasteiger partial charge in [-0.05, 0) is 54.8 Å². The Kier molecular flexibility index (Phi) is 7.73. The van der Waals surface area contributed by atoms with E-state index in [9.17, 15) is 13.4 Å². The molecule has 0 bridgehead atoms. The van der Waals surface area contributed by atoms with Gasteiger partial charge in [-0.15, -0.1) is 0 Å². The number of aromatic nitrogens is 1. The van der Waals surface area contributed by atoms with Crippen molar-refractivity contribution in [2.24, 2.45) is 0 Å². The molecular weight excluding hydrogens is 505 g/mol. The first-order valence-corrected chi connectivity index (χ1v) is 13.1. The standard InChI is InChI=1S/C26H25ClFN3O4S/c1-29-26(33)23-19-13-18(20-11-8-16(5-4-12-32)25(27)30-20)21(31(2)36(3)34)14-22(19)35-24(23)15-6-9-17(28)10-7-15/h6-11,13-14,32H,4-5,12H2,1-3H3,(H,29,33). The van der Waals surface area contributed by atoms with Crippen molar-refractivity contribution < 1.29 is 22.9 Å². The summed E-state index contributed by atoms with van der Waals surface area (Å²) in [6.45, 7) is 0.0468. The van der Waals surface area contributed by atoms with Gasteiger partial charge in [0.25, 0.3) is 5.91 Å². The number of anilines is 1. The monoisotopic (exact) mass is 529 g/mol. The fourth-order valence-electron chi connectivity index (χ4n) is 3.96. The summed E-state index contributed by atoms with van der Waals surface area (Å²) in [4.78, 5) is 17.5. The fraction of sp³-hybridized carbons (Fsp3) is 0.231. The molecule has 36 heavy (non-hydrogen) atoms. The molecule has 0 radical (unpaired) electrons. The van der Waals surface area contributed by atoms with Gasteiger partial charge >= 0.3 is 0 Å². The van der Waals surface area contributed by atoms with E-state index in [0.29, 0.717) is 51.5 Å². The van der Waals surface area contributed by atoms with Crippen LogP contribution in [0.4, 0.5) is 10.1 Å². The summed E-state index contributed by atoms with van der Waals surface area (Å²) < 4.78 is 33.7. The van der Waals surface area contributed by atoms with Crippen molar-refractivity contribution in [2.75, 3.05) is 31.3 Å². The predicted molar refractivity (Wildman–Crippen MR) is 141 cm³/mol. The van der Waals surface area contributed by atoms with E-state index in [1.807, 2.05) is 6.07 Å². The number of aryl methyl sites for hydroxylation is 1. The van der Waals surface area contributed by atoms with Crippen LogP contribution in [0, 0.1) is 5.82 Å². The normalized spacial score (nSPS) is 12.1. The van der Waals surface area contributed by atoms with Crippen molar-refractivity contribution in [1.29, 1.82) is 0 Å². The van der Waals surface area contributed by atoms with E-state index in [0.717, 1.165) is 5.56 Å². The maximum absolute atomic E-state index is 13.5. The number of furan rings is 1. The smallest absolute Gasteiger partial charge is 0.255 e. The van der Waals surface area contributed by atoms with Crippen molar-refractivity contribution >= 4 is 45.2 Å². The molecule has 0 aliphatic rings. The molecule has 1 amide bonds. The van der Waals surface area contributed by atoms with Gasteiger partial charge in [0.2, 0.25) is 0 Å². The highest BCUT2D eigenvalue weighted by atomic mass is 35.5. The van der Waals surface area contributed by atoms with Gasteiger partial charge in [0, 0.05) is 49.5 Å². The number of fused-ring (bicyclic) bond motifs is 1. The number of pyridine rings is 1. The number of halogens is 2. The lowest BCUT2D eigenvalue weighted by Gasteiger charge is -2.20. The van der Waals surface area contributed by atoms with Crippen LogP contribution in [0.1, 0.15) is 22.3 Å². The van der Waals surface area contributed by atoms with Crippen LogP contribution in [0.15, 0.2) is 52.9 Å². The van der Waals surface area contributed by atoms with E-state index >= 15 is 0 Å². The third kappa shape index (κ3) is 5.00. The molecule has 1 unspecified atom stereocenters. The molecule has 0 aliphatic carbocycles. The Morgan fingerprint density at radius 3 is 2.56 bits per heavy atom. The predicted octanol–water partition coefficient (Wildman–Crippen LogP) is 4.97. The van der Waals surface area contributed by atoms with Crippen LogP contribution in [0.5, 0.6) is 0 Å². The zero-order valence-electron chi connectivity index (χ0n) is 20.0. The highest BCUT2D eigenvalue weighted by molar-refractivity contribution is 7.85. The number of nitrogens with zero attached hydrogens (tertiary/aromatic N) is 2. The summed E-state index contributed by atoms with van der Waals surface area (Å²) in [6, 6.07) is 12.8. The summed E-state index contributed by atoms with van der Waals surface area (Å²) in [6.07, 6.45) is 2.69. The first-order valence-electron chi connectivity index (χ1n) is 11.2. The number of aliphatic hydroxyl groups excluding tert-OH is 1. The Bertz CT molecular complexity index is 1460. The highest BCUT2D eigenvalue weighted by Gasteiger charge is 2.25. The second-order valence-corrected chi connectivity index (χ2v) is 9.91. The zero-order chi connectivity index (χ0) is 26.0. The van der Waals surface area contributed by atoms with Crippen LogP contribution in [0.25, 0.3) is 33.6 Å². The molecule has 4 aromatic rings. The Balaban J connectivity index is 1.98. The third-order valence-electron chi connectivity index (χ3n) is 5.90. The minimum Gasteiger partial charge on any atom is -0.455 e. The average Bonchev–Trinajstić information content (AvgIpc) is 3.25. The molecule has 0 fully saturated rings. The number of aliphatic hydroxyl groups is 1. The quantitative estimate of drug-likeness (QED) is 0.314. The van der Waals surface area contributed by atoms with E-state index in [1.165, 1.54) is 19.2 Å². The van der Waals surface area contributed by atoms with Crippen LogP contribution in [-0.2, 0) is 17.4 Å². The first kappa shape index (κ1) is 25.8. The molecule has 10 heteroatoms. The average molecular weight is 530 g/mol. The van der Waals surface area contributed by atoms with E-state index < -0.39 is 16.8 Å². The van der Waals surface area contributed by atoms with Gasteiger partial charge in [-0.1, -0.05) is 17.7 Å². The number of carbonyl (C=O) groups excluding carboxylic acids is 1. The van der Waals surface area contributed by atoms with Crippen LogP contribution in [-0.4, -0.2) is 47.2 Å². The molecule has 4 rings (SSSR count). The Labute approximate surface area is 215 Å². The molecule has 188 valence electrons. The lowest BCUT2D eigenvalue weighted by Crippen LogP contribution is -2.20. The zero-order valence-corrected chi connectivity index (χ0v) is 21.5. The summed E-state index contributed by atoms with van der Waals surface area (Å²) in [5.74, 6) is -0.485. The number of carbonyl (C=O) groups is 1. The highest BCUT2D eigenvalue weighted by Crippen LogP contribution is 2.41. The summed E-state index contributed by atoms with van der Waals surface area (Å²) >= 11 is 6.45. The number of hydrogen-bond acceptors (Lipinski definition) is 5. The lowest BCUT2D eigenvalue weighted by molar-refractivity contribution is 0.0964. The van der Waals surface area contributed by atoms with Crippen molar-refractivity contribution in [2.45, 2.75) is 12.8 Å². The van der Waals surface area contributed by atoms with E-state index in [4.69, 9.17) is 21.1 Å². The van der Waals surface area contributed by atoms with Crippen molar-refractivity contribution in [3.05, 3.63) is 70.6 Å². The van der Waals surface area contributed by atoms with Gasteiger partial charge in [0.05, 0.1) is 16.9 Å². The van der Waals surface area contributed by atoms with Gasteiger partial charge in [0.15, 0.2) is 0 Å². The van der Waals surface area contributed by atoms with Gasteiger partial charge in [0.1, 0.15) is 33.3 Å². The molecule has 0 saturated heterocycles. The SMILES string of the molecule is CNC(=O)c1c(-c2ccc(F)cc2)oc2cc(N(C)S(C)=O)c(-c3ccc(CCCO)c(Cl)n3)cc12. The third-order valence-corrected chi connectivity index (χ3v) is 7.19. The number of benzene rings is 2. The molecule has 0 aliphatic heterocycles. The Morgan fingerprint density at radius 2 is 1.94 bits per heavy atom. The van der Waals surface area contributed by atoms with Crippen LogP contribution in [0.3, 0.4) is 0 Å². The van der Waals surface area contributed by atoms with Gasteiger partial charge in [-0.3, -0.25) is 9.10 Å². The minimum atomic E-state index is -1.37. The summed E-state index contributed by atoms with van der Waals surface area (Å²) in [5.41, 5.74) is 3.72. The van der Waals surface area contributed by atoms with Crippen LogP contribution < -0.4 is 9.62 Å². The molecule has 7 nitrogen and oxygen atoms in total. The molecular formula is C26H25ClFN3O4S. The van der Waals surface area contributed by atoms with Crippen LogP contribution >= 0.6 is 11.6 Å². The molecule has 2 aromatic heterocycles. The maximum Gasteiger partial charge on any atom is 0.255 e. The van der Waals surface area contributed by atoms with Gasteiger partial charge in [-0.2, -0.15) is 0 Å². The summed E-state index contributed by atoms with van der Waals surface area (Å²) in [5, 5.41) is 12.6. The summed E-state index contributed by atoms with van der Waals surface area (Å²) in [7, 11) is 1.83. The largest absolute Gasteiger partial charge is 0.455 e. The molecule has 2 heterocycles. The molecule has 2 aromatic carbocycles. The van der Waals surface area contributed by atoms with Crippen molar-refractivity contribution in [3.8, 4) is 22.6 Å². The fourth-order valence-corrected chi connectivity index (χ4v) is 4.64. The van der Waals surface area contributed by atoms with E-state index in [-0.39, 0.29) is 23.8 Å². The minimum absolute atomic E-state index is 0.0468.